The zero-order valence-electron chi connectivity index (χ0n) is 18.1. The van der Waals surface area contributed by atoms with Crippen LogP contribution in [0.1, 0.15) is 18.9 Å². The number of halogens is 4. The Bertz CT molecular complexity index is 1110. The van der Waals surface area contributed by atoms with E-state index in [2.05, 4.69) is 9.98 Å². The summed E-state index contributed by atoms with van der Waals surface area (Å²) in [5.41, 5.74) is 8.30. The average Bonchev–Trinajstić information content (AvgIpc) is 3.10. The lowest BCUT2D eigenvalue weighted by Crippen LogP contribution is -2.51. The lowest BCUT2D eigenvalue weighted by atomic mass is 9.95. The smallest absolute Gasteiger partial charge is 0.382 e. The van der Waals surface area contributed by atoms with Gasteiger partial charge in [0.05, 0.1) is 24.2 Å². The van der Waals surface area contributed by atoms with E-state index in [-0.39, 0.29) is 18.7 Å². The molecule has 0 aromatic heterocycles. The SMILES string of the molecule is CC1=[N+]=C(CNC(=O)N(C[C@H](O)C(F)(F)F)C(=N)c2ccc(Cl)cc2)C2=C1CN(C(N)=O)CC2. The third-order valence-electron chi connectivity index (χ3n) is 5.52. The predicted octanol–water partition coefficient (Wildman–Crippen LogP) is 1.66. The van der Waals surface area contributed by atoms with Crippen LogP contribution >= 0.6 is 11.6 Å². The normalized spacial score (nSPS) is 16.5. The molecule has 3 rings (SSSR count). The number of nitrogens with two attached hydrogens (primary N) is 1. The van der Waals surface area contributed by atoms with E-state index in [9.17, 15) is 27.9 Å². The van der Waals surface area contributed by atoms with Crippen molar-refractivity contribution in [2.75, 3.05) is 26.2 Å². The Morgan fingerprint density at radius 3 is 2.56 bits per heavy atom. The molecule has 0 saturated carbocycles. The third-order valence-corrected chi connectivity index (χ3v) is 5.77. The Labute approximate surface area is 197 Å². The molecule has 13 heteroatoms. The number of amides is 4. The first-order valence-electron chi connectivity index (χ1n) is 10.2. The van der Waals surface area contributed by atoms with Crippen LogP contribution in [-0.4, -0.2) is 82.7 Å². The molecule has 1 aromatic carbocycles. The summed E-state index contributed by atoms with van der Waals surface area (Å²) in [6, 6.07) is 4.06. The minimum Gasteiger partial charge on any atom is -0.382 e. The van der Waals surface area contributed by atoms with Crippen LogP contribution in [0.15, 0.2) is 35.4 Å². The van der Waals surface area contributed by atoms with Crippen LogP contribution < -0.4 is 15.7 Å². The molecule has 1 aromatic rings. The minimum atomic E-state index is -4.98. The maximum absolute atomic E-state index is 13.0. The van der Waals surface area contributed by atoms with Crippen LogP contribution in [0, 0.1) is 5.41 Å². The minimum absolute atomic E-state index is 0.113. The van der Waals surface area contributed by atoms with Gasteiger partial charge in [-0.15, -0.1) is 0 Å². The number of benzene rings is 1. The number of hydrogen-bond donors (Lipinski definition) is 4. The predicted molar refractivity (Wildman–Crippen MR) is 121 cm³/mol. The van der Waals surface area contributed by atoms with Crippen molar-refractivity contribution in [1.82, 2.24) is 19.8 Å². The van der Waals surface area contributed by atoms with Gasteiger partial charge in [-0.3, -0.25) is 10.3 Å². The van der Waals surface area contributed by atoms with Gasteiger partial charge in [0.25, 0.3) is 0 Å². The quantitative estimate of drug-likeness (QED) is 0.278. The number of nitrogens with zero attached hydrogens (tertiary/aromatic N) is 3. The topological polar surface area (TPSA) is 137 Å². The molecule has 1 atom stereocenters. The molecule has 0 unspecified atom stereocenters. The highest BCUT2D eigenvalue weighted by atomic mass is 35.5. The summed E-state index contributed by atoms with van der Waals surface area (Å²) in [5, 5.41) is 20.6. The molecule has 5 N–H and O–H groups in total. The summed E-state index contributed by atoms with van der Waals surface area (Å²) in [6.07, 6.45) is -7.37. The van der Waals surface area contributed by atoms with Crippen molar-refractivity contribution in [3.63, 3.8) is 0 Å². The molecule has 182 valence electrons. The Morgan fingerprint density at radius 1 is 1.32 bits per heavy atom. The lowest BCUT2D eigenvalue weighted by Gasteiger charge is -2.27. The maximum Gasteiger partial charge on any atom is 0.416 e. The fourth-order valence-electron chi connectivity index (χ4n) is 3.66. The first kappa shape index (κ1) is 25.3. The summed E-state index contributed by atoms with van der Waals surface area (Å²) >= 11 is 5.82. The van der Waals surface area contributed by atoms with E-state index in [4.69, 9.17) is 22.7 Å². The number of alkyl halides is 3. The van der Waals surface area contributed by atoms with Crippen molar-refractivity contribution < 1.29 is 27.9 Å². The van der Waals surface area contributed by atoms with E-state index in [1.807, 2.05) is 0 Å². The van der Waals surface area contributed by atoms with Crippen LogP contribution in [0.3, 0.4) is 0 Å². The first-order chi connectivity index (χ1) is 15.9. The van der Waals surface area contributed by atoms with Gasteiger partial charge < -0.3 is 21.1 Å². The molecule has 0 bridgehead atoms. The molecular formula is C21H23ClF3N6O3+. The molecule has 0 saturated heterocycles. The maximum atomic E-state index is 13.0. The van der Waals surface area contributed by atoms with Crippen molar-refractivity contribution in [1.29, 1.82) is 5.41 Å². The van der Waals surface area contributed by atoms with E-state index in [1.54, 1.807) is 6.92 Å². The monoisotopic (exact) mass is 499 g/mol. The van der Waals surface area contributed by atoms with Crippen molar-refractivity contribution in [3.05, 3.63) is 46.0 Å². The number of carbonyl (C=O) groups excluding carboxylic acids is 2. The molecule has 0 radical (unpaired) electrons. The summed E-state index contributed by atoms with van der Waals surface area (Å²) in [4.78, 5) is 26.3. The molecule has 9 nitrogen and oxygen atoms in total. The summed E-state index contributed by atoms with van der Waals surface area (Å²) < 4.78 is 43.4. The number of amidine groups is 1. The molecule has 34 heavy (non-hydrogen) atoms. The highest BCUT2D eigenvalue weighted by molar-refractivity contribution is 6.30. The number of aliphatic hydroxyl groups excluding tert-OH is 1. The van der Waals surface area contributed by atoms with Crippen LogP contribution in [0.2, 0.25) is 5.02 Å². The molecule has 2 heterocycles. The van der Waals surface area contributed by atoms with Gasteiger partial charge in [-0.1, -0.05) is 16.3 Å². The molecule has 2 aliphatic heterocycles. The number of aliphatic hydroxyl groups is 1. The summed E-state index contributed by atoms with van der Waals surface area (Å²) in [5.74, 6) is -0.539. The van der Waals surface area contributed by atoms with E-state index in [0.29, 0.717) is 34.3 Å². The average molecular weight is 500 g/mol. The second kappa shape index (κ2) is 9.88. The van der Waals surface area contributed by atoms with Gasteiger partial charge in [0.15, 0.2) is 6.10 Å². The van der Waals surface area contributed by atoms with Crippen molar-refractivity contribution >= 4 is 40.9 Å². The number of carbonyl (C=O) groups is 2. The van der Waals surface area contributed by atoms with Crippen molar-refractivity contribution in [2.45, 2.75) is 25.6 Å². The van der Waals surface area contributed by atoms with Crippen LogP contribution in [-0.2, 0) is 0 Å². The summed E-state index contributed by atoms with van der Waals surface area (Å²) in [6.45, 7) is 1.12. The Hall–Kier alpha value is -3.34. The van der Waals surface area contributed by atoms with E-state index >= 15 is 0 Å². The lowest BCUT2D eigenvalue weighted by molar-refractivity contribution is -0.204. The number of rotatable bonds is 5. The molecule has 0 aliphatic carbocycles. The van der Waals surface area contributed by atoms with Crippen LogP contribution in [0.25, 0.3) is 0 Å². The van der Waals surface area contributed by atoms with E-state index in [0.717, 1.165) is 11.1 Å². The number of nitrogens with one attached hydrogen (secondary N) is 2. The Balaban J connectivity index is 1.77. The zero-order valence-corrected chi connectivity index (χ0v) is 18.9. The largest absolute Gasteiger partial charge is 0.416 e. The zero-order chi connectivity index (χ0) is 25.2. The molecule has 0 spiro atoms. The standard InChI is InChI=1S/C21H22ClF3N6O3/c1-11-15-9-30(19(27)33)7-6-14(15)16(29-11)8-28-20(34)31(10-17(32)21(23,24)25)18(26)12-2-4-13(22)5-3-12/h2-5,17,26,32H,6-10H2,1H3,(H2-,27,28,33,34)/p+1/t17-/m0/s1. The van der Waals surface area contributed by atoms with Crippen LogP contribution in [0.5, 0.6) is 0 Å². The van der Waals surface area contributed by atoms with Gasteiger partial charge in [0, 0.05) is 24.1 Å². The van der Waals surface area contributed by atoms with Gasteiger partial charge in [-0.05, 0) is 30.7 Å². The highest BCUT2D eigenvalue weighted by Gasteiger charge is 2.41. The fourth-order valence-corrected chi connectivity index (χ4v) is 3.78. The first-order valence-corrected chi connectivity index (χ1v) is 10.6. The number of primary amides is 1. The molecule has 2 aliphatic rings. The fraction of sp³-hybridized carbons (Fsp3) is 0.381. The van der Waals surface area contributed by atoms with Crippen LogP contribution in [0.4, 0.5) is 22.8 Å². The van der Waals surface area contributed by atoms with E-state index in [1.165, 1.54) is 29.2 Å². The van der Waals surface area contributed by atoms with Gasteiger partial charge >= 0.3 is 29.7 Å². The Morgan fingerprint density at radius 2 is 1.97 bits per heavy atom. The molecule has 4 amide bonds. The Kier molecular flexibility index (Phi) is 7.35. The molecule has 0 fully saturated rings. The third kappa shape index (κ3) is 5.58. The second-order valence-electron chi connectivity index (χ2n) is 7.79. The van der Waals surface area contributed by atoms with Gasteiger partial charge in [-0.25, -0.2) is 9.59 Å². The second-order valence-corrected chi connectivity index (χ2v) is 8.23. The van der Waals surface area contributed by atoms with Gasteiger partial charge in [0.1, 0.15) is 12.4 Å². The summed E-state index contributed by atoms with van der Waals surface area (Å²) in [7, 11) is 0. The highest BCUT2D eigenvalue weighted by Crippen LogP contribution is 2.23. The van der Waals surface area contributed by atoms with E-state index < -0.39 is 36.7 Å². The van der Waals surface area contributed by atoms with Crippen molar-refractivity contribution in [3.8, 4) is 0 Å². The van der Waals surface area contributed by atoms with Crippen molar-refractivity contribution in [2.24, 2.45) is 5.73 Å². The van der Waals surface area contributed by atoms with Gasteiger partial charge in [0.2, 0.25) is 0 Å². The number of hydrogen-bond acceptors (Lipinski definition) is 4. The molecular weight excluding hydrogens is 477 g/mol. The van der Waals surface area contributed by atoms with Gasteiger partial charge in [-0.2, -0.15) is 13.2 Å². The number of urea groups is 2.